The van der Waals surface area contributed by atoms with Gasteiger partial charge in [-0.1, -0.05) is 44.2 Å². The number of rotatable bonds is 9. The summed E-state index contributed by atoms with van der Waals surface area (Å²) in [5.41, 5.74) is 0.936. The van der Waals surface area contributed by atoms with E-state index in [0.29, 0.717) is 17.4 Å². The number of ether oxygens (including phenoxy) is 2. The van der Waals surface area contributed by atoms with E-state index in [1.807, 2.05) is 65.3 Å². The van der Waals surface area contributed by atoms with E-state index in [9.17, 15) is 9.59 Å². The van der Waals surface area contributed by atoms with Gasteiger partial charge in [0.05, 0.1) is 27.6 Å². The summed E-state index contributed by atoms with van der Waals surface area (Å²) in [5, 5.41) is 0. The molecule has 0 aromatic heterocycles. The predicted molar refractivity (Wildman–Crippen MR) is 93.1 cm³/mol. The normalized spacial score (nSPS) is 12.2. The van der Waals surface area contributed by atoms with E-state index in [1.165, 1.54) is 0 Å². The molecule has 142 valence electrons. The van der Waals surface area contributed by atoms with Gasteiger partial charge in [-0.15, -0.1) is 0 Å². The number of nitrogens with zero attached hydrogens (tertiary/aromatic N) is 1. The molecule has 25 heavy (non-hydrogen) atoms. The quantitative estimate of drug-likeness (QED) is 0.445. The molecular formula is C19H30ClNO4. The molecule has 0 heterocycles. The number of carbonyl (C=O) groups excluding carboxylic acids is 2. The third kappa shape index (κ3) is 11.6. The van der Waals surface area contributed by atoms with Crippen LogP contribution in [0.1, 0.15) is 32.3 Å². The number of halogens is 1. The number of esters is 2. The summed E-state index contributed by atoms with van der Waals surface area (Å²) in [7, 11) is 6.00. The number of hydrogen-bond donors (Lipinski definition) is 0. The van der Waals surface area contributed by atoms with Crippen molar-refractivity contribution in [3.05, 3.63) is 35.9 Å². The minimum Gasteiger partial charge on any atom is -1.00 e. The summed E-state index contributed by atoms with van der Waals surface area (Å²) in [4.78, 5) is 24.0. The van der Waals surface area contributed by atoms with Crippen LogP contribution < -0.4 is 12.4 Å². The van der Waals surface area contributed by atoms with Crippen LogP contribution in [0.4, 0.5) is 0 Å². The molecule has 5 nitrogen and oxygen atoms in total. The summed E-state index contributed by atoms with van der Waals surface area (Å²) >= 11 is 0. The van der Waals surface area contributed by atoms with Crippen LogP contribution in [-0.2, 0) is 25.7 Å². The predicted octanol–water partition coefficient (Wildman–Crippen LogP) is -0.212. The Hall–Kier alpha value is -1.59. The van der Waals surface area contributed by atoms with Crippen molar-refractivity contribution in [2.24, 2.45) is 5.92 Å². The van der Waals surface area contributed by atoms with E-state index >= 15 is 0 Å². The van der Waals surface area contributed by atoms with Gasteiger partial charge >= 0.3 is 11.9 Å². The molecule has 1 atom stereocenters. The van der Waals surface area contributed by atoms with Crippen molar-refractivity contribution in [1.82, 2.24) is 0 Å². The van der Waals surface area contributed by atoms with E-state index in [4.69, 9.17) is 9.47 Å². The Balaban J connectivity index is 0.00000576. The molecule has 0 radical (unpaired) electrons. The second kappa shape index (κ2) is 11.1. The highest BCUT2D eigenvalue weighted by molar-refractivity contribution is 5.72. The molecule has 6 heteroatoms. The minimum atomic E-state index is -0.473. The Morgan fingerprint density at radius 3 is 2.12 bits per heavy atom. The Labute approximate surface area is 157 Å². The van der Waals surface area contributed by atoms with E-state index in [-0.39, 0.29) is 43.3 Å². The van der Waals surface area contributed by atoms with E-state index in [1.54, 1.807) is 0 Å². The summed E-state index contributed by atoms with van der Waals surface area (Å²) < 4.78 is 11.4. The maximum Gasteiger partial charge on any atom is 0.310 e. The maximum atomic E-state index is 12.1. The highest BCUT2D eigenvalue weighted by atomic mass is 35.5. The first kappa shape index (κ1) is 23.4. The first-order chi connectivity index (χ1) is 11.2. The van der Waals surface area contributed by atoms with Crippen molar-refractivity contribution >= 4 is 11.9 Å². The van der Waals surface area contributed by atoms with Crippen LogP contribution in [-0.4, -0.2) is 50.2 Å². The third-order valence-corrected chi connectivity index (χ3v) is 3.26. The van der Waals surface area contributed by atoms with E-state index in [2.05, 4.69) is 0 Å². The molecule has 0 aliphatic rings. The van der Waals surface area contributed by atoms with Crippen LogP contribution in [0, 0.1) is 5.92 Å². The average Bonchev–Trinajstić information content (AvgIpc) is 2.43. The molecule has 0 aliphatic heterocycles. The molecule has 0 fully saturated rings. The molecule has 0 bridgehead atoms. The van der Waals surface area contributed by atoms with Gasteiger partial charge in [-0.2, -0.15) is 0 Å². The van der Waals surface area contributed by atoms with Gasteiger partial charge in [0.1, 0.15) is 13.2 Å². The Morgan fingerprint density at radius 1 is 1.00 bits per heavy atom. The van der Waals surface area contributed by atoms with Gasteiger partial charge in [0.25, 0.3) is 0 Å². The smallest absolute Gasteiger partial charge is 0.310 e. The number of likely N-dealkylation sites (N-methyl/N-ethyl adjacent to an activating group) is 1. The fourth-order valence-electron chi connectivity index (χ4n) is 2.30. The fraction of sp³-hybridized carbons (Fsp3) is 0.579. The van der Waals surface area contributed by atoms with Crippen LogP contribution in [0.2, 0.25) is 0 Å². The summed E-state index contributed by atoms with van der Waals surface area (Å²) in [5.74, 6) is -0.388. The topological polar surface area (TPSA) is 52.6 Å². The van der Waals surface area contributed by atoms with Gasteiger partial charge in [-0.05, 0) is 11.5 Å². The highest BCUT2D eigenvalue weighted by Crippen LogP contribution is 2.11. The third-order valence-electron chi connectivity index (χ3n) is 3.26. The zero-order chi connectivity index (χ0) is 18.2. The second-order valence-electron chi connectivity index (χ2n) is 7.53. The van der Waals surface area contributed by atoms with Crippen LogP contribution in [0.3, 0.4) is 0 Å². The SMILES string of the molecule is CC(C)CC(=O)O[C@H](CC(=O)OCc1ccccc1)C[N+](C)(C)C.[Cl-]. The van der Waals surface area contributed by atoms with Crippen molar-refractivity contribution in [2.75, 3.05) is 27.7 Å². The zero-order valence-corrected chi connectivity index (χ0v) is 16.6. The summed E-state index contributed by atoms with van der Waals surface area (Å²) in [6.45, 7) is 4.72. The maximum absolute atomic E-state index is 12.1. The van der Waals surface area contributed by atoms with Gasteiger partial charge in [-0.25, -0.2) is 0 Å². The van der Waals surface area contributed by atoms with Gasteiger partial charge in [0.15, 0.2) is 6.10 Å². The van der Waals surface area contributed by atoms with Gasteiger partial charge in [-0.3, -0.25) is 9.59 Å². The zero-order valence-electron chi connectivity index (χ0n) is 15.8. The monoisotopic (exact) mass is 371 g/mol. The van der Waals surface area contributed by atoms with Crippen molar-refractivity contribution in [1.29, 1.82) is 0 Å². The summed E-state index contributed by atoms with van der Waals surface area (Å²) in [6.07, 6.45) is -0.0432. The lowest BCUT2D eigenvalue weighted by Crippen LogP contribution is -3.00. The lowest BCUT2D eigenvalue weighted by atomic mass is 10.1. The molecule has 0 spiro atoms. The van der Waals surface area contributed by atoms with E-state index in [0.717, 1.165) is 5.56 Å². The van der Waals surface area contributed by atoms with Crippen molar-refractivity contribution < 1.29 is 36.0 Å². The Bertz CT molecular complexity index is 526. The molecule has 1 rings (SSSR count). The Morgan fingerprint density at radius 2 is 1.60 bits per heavy atom. The van der Waals surface area contributed by atoms with Gasteiger partial charge in [0.2, 0.25) is 0 Å². The molecule has 1 aromatic carbocycles. The molecular weight excluding hydrogens is 342 g/mol. The second-order valence-corrected chi connectivity index (χ2v) is 7.53. The lowest BCUT2D eigenvalue weighted by Gasteiger charge is -2.28. The van der Waals surface area contributed by atoms with Crippen molar-refractivity contribution in [3.8, 4) is 0 Å². The van der Waals surface area contributed by atoms with Crippen LogP contribution >= 0.6 is 0 Å². The largest absolute Gasteiger partial charge is 1.00 e. The first-order valence-electron chi connectivity index (χ1n) is 8.35. The van der Waals surface area contributed by atoms with Gasteiger partial charge in [0, 0.05) is 6.42 Å². The molecule has 0 N–H and O–H groups in total. The lowest BCUT2D eigenvalue weighted by molar-refractivity contribution is -0.873. The molecule has 0 aliphatic carbocycles. The van der Waals surface area contributed by atoms with E-state index < -0.39 is 6.10 Å². The van der Waals surface area contributed by atoms with Crippen molar-refractivity contribution in [2.45, 2.75) is 39.4 Å². The minimum absolute atomic E-state index is 0. The number of carbonyl (C=O) groups is 2. The molecule has 1 aromatic rings. The van der Waals surface area contributed by atoms with Gasteiger partial charge < -0.3 is 26.4 Å². The number of benzene rings is 1. The average molecular weight is 372 g/mol. The molecule has 0 saturated heterocycles. The first-order valence-corrected chi connectivity index (χ1v) is 8.35. The number of hydrogen-bond acceptors (Lipinski definition) is 4. The molecule has 0 amide bonds. The van der Waals surface area contributed by atoms with Crippen LogP contribution in [0.25, 0.3) is 0 Å². The number of quaternary nitrogens is 1. The molecule has 0 unspecified atom stereocenters. The van der Waals surface area contributed by atoms with Crippen molar-refractivity contribution in [3.63, 3.8) is 0 Å². The standard InChI is InChI=1S/C19H30NO4.ClH/c1-15(2)11-19(22)24-17(13-20(3,4)5)12-18(21)23-14-16-9-7-6-8-10-16;/h6-10,15,17H,11-14H2,1-5H3;1H/q+1;/p-1/t17-;/m1./s1. The highest BCUT2D eigenvalue weighted by Gasteiger charge is 2.26. The van der Waals surface area contributed by atoms with Crippen LogP contribution in [0.15, 0.2) is 30.3 Å². The fourth-order valence-corrected chi connectivity index (χ4v) is 2.30. The van der Waals surface area contributed by atoms with Crippen LogP contribution in [0.5, 0.6) is 0 Å². The molecule has 0 saturated carbocycles. The summed E-state index contributed by atoms with van der Waals surface area (Å²) in [6, 6.07) is 9.52. The Kier molecular flexibility index (Phi) is 10.4.